The summed E-state index contributed by atoms with van der Waals surface area (Å²) in [5, 5.41) is -0.647. The summed E-state index contributed by atoms with van der Waals surface area (Å²) in [5.41, 5.74) is 0.672. The molecular formula is C22H23Cl2N5O4S2. The van der Waals surface area contributed by atoms with Gasteiger partial charge in [0.15, 0.2) is 0 Å². The maximum Gasteiger partial charge on any atom is 0.331 e. The third-order valence-electron chi connectivity index (χ3n) is 5.49. The van der Waals surface area contributed by atoms with Crippen molar-refractivity contribution in [3.05, 3.63) is 63.2 Å². The van der Waals surface area contributed by atoms with Gasteiger partial charge in [-0.05, 0) is 18.2 Å². The van der Waals surface area contributed by atoms with E-state index in [-0.39, 0.29) is 0 Å². The van der Waals surface area contributed by atoms with Gasteiger partial charge in [-0.3, -0.25) is 0 Å². The molecule has 4 rings (SSSR count). The topological polar surface area (TPSA) is 109 Å². The van der Waals surface area contributed by atoms with Crippen LogP contribution < -0.4 is 9.62 Å². The molecule has 0 radical (unpaired) electrons. The zero-order valence-electron chi connectivity index (χ0n) is 18.8. The van der Waals surface area contributed by atoms with Gasteiger partial charge in [0, 0.05) is 43.7 Å². The van der Waals surface area contributed by atoms with Gasteiger partial charge in [0.2, 0.25) is 15.9 Å². The molecule has 1 N–H and O–H groups in total. The smallest absolute Gasteiger partial charge is 0.331 e. The van der Waals surface area contributed by atoms with Crippen molar-refractivity contribution in [3.8, 4) is 11.5 Å². The summed E-state index contributed by atoms with van der Waals surface area (Å²) in [6.45, 7) is 7.04. The predicted octanol–water partition coefficient (Wildman–Crippen LogP) is 4.76. The minimum absolute atomic E-state index is 0.296. The van der Waals surface area contributed by atoms with E-state index in [1.807, 2.05) is 11.8 Å². The number of carbonyl (C=O) groups is 1. The average molecular weight is 556 g/mol. The molecule has 0 spiro atoms. The molecule has 1 fully saturated rings. The molecule has 4 heterocycles. The monoisotopic (exact) mass is 555 g/mol. The van der Waals surface area contributed by atoms with E-state index in [0.29, 0.717) is 57.7 Å². The molecule has 3 aromatic rings. The standard InChI is InChI=1S/C22H23Cl2N5O4S2/c1-3-15-13-26-21(33-15)14-11-16(23)20(25-12-14)28-7-9-29(10-8-28)22(30)27-35(31,32)18(4-2)17-5-6-19(24)34-17/h4-6,11-13,18H,2-3,7-10H2,1H3,(H,27,30). The second-order valence-electron chi connectivity index (χ2n) is 7.74. The van der Waals surface area contributed by atoms with Crippen LogP contribution >= 0.6 is 34.5 Å². The van der Waals surface area contributed by atoms with Gasteiger partial charge < -0.3 is 14.2 Å². The summed E-state index contributed by atoms with van der Waals surface area (Å²) in [6.07, 6.45) is 5.33. The Labute approximate surface area is 217 Å². The van der Waals surface area contributed by atoms with E-state index >= 15 is 0 Å². The highest BCUT2D eigenvalue weighted by Crippen LogP contribution is 2.32. The first-order valence-electron chi connectivity index (χ1n) is 10.8. The second-order valence-corrected chi connectivity index (χ2v) is 11.7. The fourth-order valence-corrected chi connectivity index (χ4v) is 6.62. The fourth-order valence-electron chi connectivity index (χ4n) is 3.63. The number of thiophene rings is 1. The zero-order valence-corrected chi connectivity index (χ0v) is 21.9. The number of carbonyl (C=O) groups excluding carboxylic acids is 1. The highest BCUT2D eigenvalue weighted by atomic mass is 35.5. The zero-order chi connectivity index (χ0) is 25.2. The van der Waals surface area contributed by atoms with E-state index in [0.717, 1.165) is 23.5 Å². The van der Waals surface area contributed by atoms with Crippen LogP contribution in [0.25, 0.3) is 11.5 Å². The van der Waals surface area contributed by atoms with Gasteiger partial charge in [0.25, 0.3) is 0 Å². The van der Waals surface area contributed by atoms with E-state index in [9.17, 15) is 13.2 Å². The van der Waals surface area contributed by atoms with Crippen molar-refractivity contribution in [2.24, 2.45) is 0 Å². The molecule has 186 valence electrons. The van der Waals surface area contributed by atoms with Crippen LogP contribution in [0.1, 0.15) is 22.8 Å². The summed E-state index contributed by atoms with van der Waals surface area (Å²) < 4.78 is 33.9. The van der Waals surface area contributed by atoms with E-state index in [2.05, 4.69) is 21.3 Å². The Balaban J connectivity index is 1.38. The first-order chi connectivity index (χ1) is 16.7. The molecule has 35 heavy (non-hydrogen) atoms. The number of pyridine rings is 1. The summed E-state index contributed by atoms with van der Waals surface area (Å²) in [5.74, 6) is 1.80. The first kappa shape index (κ1) is 25.5. The second kappa shape index (κ2) is 10.6. The summed E-state index contributed by atoms with van der Waals surface area (Å²) in [4.78, 5) is 25.3. The van der Waals surface area contributed by atoms with Crippen molar-refractivity contribution in [2.45, 2.75) is 18.6 Å². The number of anilines is 1. The quantitative estimate of drug-likeness (QED) is 0.418. The molecular weight excluding hydrogens is 533 g/mol. The molecule has 0 bridgehead atoms. The molecule has 1 aliphatic heterocycles. The van der Waals surface area contributed by atoms with Gasteiger partial charge in [-0.1, -0.05) is 36.2 Å². The lowest BCUT2D eigenvalue weighted by atomic mass is 10.2. The number of urea groups is 1. The SMILES string of the molecule is C=CC(c1ccc(Cl)s1)S(=O)(=O)NC(=O)N1CCN(c2ncc(-c3ncc(CC)o3)cc2Cl)CC1. The molecule has 1 atom stereocenters. The number of rotatable bonds is 7. The van der Waals surface area contributed by atoms with Crippen molar-refractivity contribution >= 4 is 56.4 Å². The van der Waals surface area contributed by atoms with E-state index in [1.54, 1.807) is 30.6 Å². The lowest BCUT2D eigenvalue weighted by Crippen LogP contribution is -2.53. The van der Waals surface area contributed by atoms with Crippen LogP contribution in [-0.2, 0) is 16.4 Å². The van der Waals surface area contributed by atoms with Crippen molar-refractivity contribution in [1.29, 1.82) is 0 Å². The lowest BCUT2D eigenvalue weighted by Gasteiger charge is -2.35. The number of oxazole rings is 1. The average Bonchev–Trinajstić information content (AvgIpc) is 3.48. The number of aromatic nitrogens is 2. The van der Waals surface area contributed by atoms with Crippen LogP contribution in [0.4, 0.5) is 10.6 Å². The van der Waals surface area contributed by atoms with Crippen LogP contribution in [0.5, 0.6) is 0 Å². The van der Waals surface area contributed by atoms with E-state index in [1.165, 1.54) is 11.0 Å². The van der Waals surface area contributed by atoms with Crippen molar-refractivity contribution in [2.75, 3.05) is 31.1 Å². The fraction of sp³-hybridized carbons (Fsp3) is 0.318. The number of nitrogens with zero attached hydrogens (tertiary/aromatic N) is 4. The molecule has 0 aromatic carbocycles. The van der Waals surface area contributed by atoms with Crippen LogP contribution in [0.3, 0.4) is 0 Å². The van der Waals surface area contributed by atoms with Gasteiger partial charge in [0.1, 0.15) is 16.8 Å². The van der Waals surface area contributed by atoms with Crippen LogP contribution in [-0.4, -0.2) is 55.5 Å². The molecule has 9 nitrogen and oxygen atoms in total. The molecule has 1 unspecified atom stereocenters. The number of amides is 2. The number of aryl methyl sites for hydroxylation is 1. The predicted molar refractivity (Wildman–Crippen MR) is 138 cm³/mol. The Morgan fingerprint density at radius 2 is 2.00 bits per heavy atom. The van der Waals surface area contributed by atoms with Gasteiger partial charge in [0.05, 0.1) is 21.1 Å². The number of hydrogen-bond acceptors (Lipinski definition) is 8. The number of sulfonamides is 1. The Kier molecular flexibility index (Phi) is 7.70. The highest BCUT2D eigenvalue weighted by Gasteiger charge is 2.31. The maximum atomic E-state index is 12.8. The van der Waals surface area contributed by atoms with Gasteiger partial charge in [-0.25, -0.2) is 27.9 Å². The largest absolute Gasteiger partial charge is 0.441 e. The van der Waals surface area contributed by atoms with Gasteiger partial charge in [-0.2, -0.15) is 0 Å². The maximum absolute atomic E-state index is 12.8. The molecule has 13 heteroatoms. The molecule has 0 aliphatic carbocycles. The highest BCUT2D eigenvalue weighted by molar-refractivity contribution is 7.90. The first-order valence-corrected chi connectivity index (χ1v) is 13.9. The molecule has 2 amide bonds. The third kappa shape index (κ3) is 5.64. The number of piperazine rings is 1. The Morgan fingerprint density at radius 3 is 2.57 bits per heavy atom. The Morgan fingerprint density at radius 1 is 1.26 bits per heavy atom. The summed E-state index contributed by atoms with van der Waals surface area (Å²) >= 11 is 13.5. The van der Waals surface area contributed by atoms with Gasteiger partial charge >= 0.3 is 6.03 Å². The van der Waals surface area contributed by atoms with Crippen LogP contribution in [0.2, 0.25) is 9.36 Å². The van der Waals surface area contributed by atoms with Crippen molar-refractivity contribution in [1.82, 2.24) is 19.6 Å². The molecule has 1 aliphatic rings. The molecule has 3 aromatic heterocycles. The number of nitrogens with one attached hydrogen (secondary N) is 1. The lowest BCUT2D eigenvalue weighted by molar-refractivity contribution is 0.200. The Bertz CT molecular complexity index is 1330. The van der Waals surface area contributed by atoms with Crippen molar-refractivity contribution < 1.29 is 17.6 Å². The molecule has 0 saturated carbocycles. The number of hydrogen-bond donors (Lipinski definition) is 1. The van der Waals surface area contributed by atoms with E-state index < -0.39 is 21.3 Å². The van der Waals surface area contributed by atoms with Crippen LogP contribution in [0, 0.1) is 0 Å². The normalized spacial score (nSPS) is 15.2. The Hall–Kier alpha value is -2.60. The van der Waals surface area contributed by atoms with Crippen LogP contribution in [0.15, 0.2) is 47.7 Å². The number of halogens is 2. The van der Waals surface area contributed by atoms with Gasteiger partial charge in [-0.15, -0.1) is 17.9 Å². The minimum atomic E-state index is -4.03. The van der Waals surface area contributed by atoms with Crippen molar-refractivity contribution in [3.63, 3.8) is 0 Å². The molecule has 1 saturated heterocycles. The summed E-state index contributed by atoms with van der Waals surface area (Å²) in [6, 6.07) is 4.26. The summed E-state index contributed by atoms with van der Waals surface area (Å²) in [7, 11) is -4.03. The van der Waals surface area contributed by atoms with E-state index in [4.69, 9.17) is 27.6 Å². The minimum Gasteiger partial charge on any atom is -0.441 e. The third-order valence-corrected chi connectivity index (χ3v) is 8.81.